The van der Waals surface area contributed by atoms with Gasteiger partial charge in [-0.1, -0.05) is 6.07 Å². The fraction of sp³-hybridized carbons (Fsp3) is 0. The van der Waals surface area contributed by atoms with Gasteiger partial charge < -0.3 is 0 Å². The molecule has 0 unspecified atom stereocenters. The van der Waals surface area contributed by atoms with Crippen molar-refractivity contribution in [1.82, 2.24) is 0 Å². The fourth-order valence-electron chi connectivity index (χ4n) is 1.61. The third-order valence-electron chi connectivity index (χ3n) is 2.60. The molecular weight excluding hydrogens is 325 g/mol. The summed E-state index contributed by atoms with van der Waals surface area (Å²) in [5.74, 6) is -5.34. The van der Waals surface area contributed by atoms with E-state index in [2.05, 4.69) is 0 Å². The summed E-state index contributed by atoms with van der Waals surface area (Å²) >= 11 is 0. The van der Waals surface area contributed by atoms with E-state index in [4.69, 9.17) is 0 Å². The number of rotatable bonds is 4. The van der Waals surface area contributed by atoms with Gasteiger partial charge in [0.05, 0.1) is 10.6 Å². The second-order valence-electron chi connectivity index (χ2n) is 4.09. The highest BCUT2D eigenvalue weighted by molar-refractivity contribution is 7.92. The van der Waals surface area contributed by atoms with Crippen LogP contribution in [0.5, 0.6) is 0 Å². The molecule has 0 saturated carbocycles. The van der Waals surface area contributed by atoms with Crippen LogP contribution >= 0.6 is 0 Å². The molecule has 2 rings (SSSR count). The Bertz CT molecular complexity index is 855. The quantitative estimate of drug-likeness (QED) is 0.530. The number of anilines is 1. The van der Waals surface area contributed by atoms with Crippen LogP contribution in [0.2, 0.25) is 0 Å². The third kappa shape index (κ3) is 3.01. The molecule has 2 aromatic carbocycles. The molecule has 0 aliphatic heterocycles. The molecule has 0 amide bonds. The van der Waals surface area contributed by atoms with E-state index in [1.807, 2.05) is 4.72 Å². The summed E-state index contributed by atoms with van der Waals surface area (Å²) in [5.41, 5.74) is -0.621. The number of sulfonamides is 1. The van der Waals surface area contributed by atoms with Gasteiger partial charge in [0.2, 0.25) is 0 Å². The largest absolute Gasteiger partial charge is 0.279 e. The number of nitro benzene ring substituents is 1. The summed E-state index contributed by atoms with van der Waals surface area (Å²) in [7, 11) is -4.58. The van der Waals surface area contributed by atoms with E-state index < -0.39 is 43.0 Å². The van der Waals surface area contributed by atoms with Gasteiger partial charge in [0.15, 0.2) is 17.5 Å². The van der Waals surface area contributed by atoms with Gasteiger partial charge in [-0.3, -0.25) is 14.8 Å². The van der Waals surface area contributed by atoms with Crippen molar-refractivity contribution in [3.05, 3.63) is 64.0 Å². The van der Waals surface area contributed by atoms with E-state index in [1.165, 1.54) is 12.1 Å². The summed E-state index contributed by atoms with van der Waals surface area (Å²) in [4.78, 5) is 8.73. The van der Waals surface area contributed by atoms with Gasteiger partial charge in [-0.25, -0.2) is 21.6 Å². The first kappa shape index (κ1) is 15.8. The van der Waals surface area contributed by atoms with Crippen LogP contribution in [-0.2, 0) is 10.0 Å². The topological polar surface area (TPSA) is 89.3 Å². The Kier molecular flexibility index (Phi) is 4.04. The minimum absolute atomic E-state index is 0.224. The molecule has 0 heterocycles. The highest BCUT2D eigenvalue weighted by Crippen LogP contribution is 2.24. The van der Waals surface area contributed by atoms with E-state index in [0.717, 1.165) is 12.1 Å². The van der Waals surface area contributed by atoms with E-state index in [1.54, 1.807) is 0 Å². The summed E-state index contributed by atoms with van der Waals surface area (Å²) < 4.78 is 65.2. The first-order valence-electron chi connectivity index (χ1n) is 5.63. The molecule has 6 nitrogen and oxygen atoms in total. The molecule has 0 aliphatic carbocycles. The fourth-order valence-corrected chi connectivity index (χ4v) is 2.73. The molecule has 0 saturated heterocycles. The van der Waals surface area contributed by atoms with Crippen LogP contribution in [0, 0.1) is 27.6 Å². The van der Waals surface area contributed by atoms with Gasteiger partial charge in [0, 0.05) is 12.1 Å². The van der Waals surface area contributed by atoms with Crippen molar-refractivity contribution in [2.45, 2.75) is 4.90 Å². The lowest BCUT2D eigenvalue weighted by Gasteiger charge is -2.09. The summed E-state index contributed by atoms with van der Waals surface area (Å²) in [5, 5.41) is 10.6. The lowest BCUT2D eigenvalue weighted by atomic mass is 10.3. The number of non-ortho nitro benzene ring substituents is 1. The van der Waals surface area contributed by atoms with Crippen LogP contribution < -0.4 is 4.72 Å². The molecule has 0 aromatic heterocycles. The molecule has 22 heavy (non-hydrogen) atoms. The zero-order chi connectivity index (χ0) is 16.5. The number of nitrogens with zero attached hydrogens (tertiary/aromatic N) is 1. The number of hydrogen-bond donors (Lipinski definition) is 1. The number of benzene rings is 2. The maximum Gasteiger partial charge on any atom is 0.271 e. The van der Waals surface area contributed by atoms with Gasteiger partial charge in [-0.2, -0.15) is 0 Å². The standard InChI is InChI=1S/C12H7F3N2O4S/c13-9-4-5-10(12(15)11(9)14)22(20,21)16-7-2-1-3-8(6-7)17(18)19/h1-6,16H. The lowest BCUT2D eigenvalue weighted by Crippen LogP contribution is -2.16. The highest BCUT2D eigenvalue weighted by atomic mass is 32.2. The van der Waals surface area contributed by atoms with Gasteiger partial charge >= 0.3 is 0 Å². The minimum atomic E-state index is -4.58. The van der Waals surface area contributed by atoms with Crippen molar-refractivity contribution in [2.24, 2.45) is 0 Å². The molecule has 0 fully saturated rings. The zero-order valence-electron chi connectivity index (χ0n) is 10.6. The smallest absolute Gasteiger partial charge is 0.271 e. The Balaban J connectivity index is 2.42. The van der Waals surface area contributed by atoms with Crippen molar-refractivity contribution >= 4 is 21.4 Å². The molecule has 2 aromatic rings. The second-order valence-corrected chi connectivity index (χ2v) is 5.74. The van der Waals surface area contributed by atoms with Gasteiger partial charge in [0.1, 0.15) is 4.90 Å². The van der Waals surface area contributed by atoms with Gasteiger partial charge in [-0.05, 0) is 18.2 Å². The average molecular weight is 332 g/mol. The van der Waals surface area contributed by atoms with Crippen molar-refractivity contribution in [1.29, 1.82) is 0 Å². The summed E-state index contributed by atoms with van der Waals surface area (Å²) in [6.07, 6.45) is 0. The Labute approximate surface area is 122 Å². The molecule has 0 radical (unpaired) electrons. The SMILES string of the molecule is O=[N+]([O-])c1cccc(NS(=O)(=O)c2ccc(F)c(F)c2F)c1. The summed E-state index contributed by atoms with van der Waals surface area (Å²) in [6.45, 7) is 0. The number of halogens is 3. The van der Waals surface area contributed by atoms with Crippen LogP contribution in [0.1, 0.15) is 0 Å². The maximum atomic E-state index is 13.5. The molecule has 10 heteroatoms. The highest BCUT2D eigenvalue weighted by Gasteiger charge is 2.24. The number of nitro groups is 1. The predicted octanol–water partition coefficient (Wildman–Crippen LogP) is 2.81. The van der Waals surface area contributed by atoms with Crippen molar-refractivity contribution < 1.29 is 26.5 Å². The normalized spacial score (nSPS) is 11.2. The maximum absolute atomic E-state index is 13.5. The van der Waals surface area contributed by atoms with E-state index in [-0.39, 0.29) is 5.69 Å². The van der Waals surface area contributed by atoms with Gasteiger partial charge in [-0.15, -0.1) is 0 Å². The van der Waals surface area contributed by atoms with E-state index in [9.17, 15) is 31.7 Å². The van der Waals surface area contributed by atoms with E-state index >= 15 is 0 Å². The molecule has 1 N–H and O–H groups in total. The van der Waals surface area contributed by atoms with Crippen molar-refractivity contribution in [2.75, 3.05) is 4.72 Å². The first-order chi connectivity index (χ1) is 10.2. The van der Waals surface area contributed by atoms with Crippen molar-refractivity contribution in [3.8, 4) is 0 Å². The Morgan fingerprint density at radius 3 is 2.36 bits per heavy atom. The van der Waals surface area contributed by atoms with Crippen LogP contribution in [0.25, 0.3) is 0 Å². The second kappa shape index (κ2) is 5.64. The van der Waals surface area contributed by atoms with Crippen LogP contribution in [0.4, 0.5) is 24.5 Å². The van der Waals surface area contributed by atoms with Crippen LogP contribution in [0.15, 0.2) is 41.3 Å². The first-order valence-corrected chi connectivity index (χ1v) is 7.11. The molecule has 0 aliphatic rings. The lowest BCUT2D eigenvalue weighted by molar-refractivity contribution is -0.384. The Morgan fingerprint density at radius 1 is 1.05 bits per heavy atom. The summed E-state index contributed by atoms with van der Waals surface area (Å²) in [6, 6.07) is 5.42. The molecule has 116 valence electrons. The number of hydrogen-bond acceptors (Lipinski definition) is 4. The van der Waals surface area contributed by atoms with Crippen LogP contribution in [-0.4, -0.2) is 13.3 Å². The number of nitrogens with one attached hydrogen (secondary N) is 1. The van der Waals surface area contributed by atoms with E-state index in [0.29, 0.717) is 12.1 Å². The van der Waals surface area contributed by atoms with Crippen molar-refractivity contribution in [3.63, 3.8) is 0 Å². The Morgan fingerprint density at radius 2 is 1.73 bits per heavy atom. The average Bonchev–Trinajstić information content (AvgIpc) is 2.44. The minimum Gasteiger partial charge on any atom is -0.279 e. The molecule has 0 spiro atoms. The predicted molar refractivity (Wildman–Crippen MR) is 70.2 cm³/mol. The molecule has 0 atom stereocenters. The zero-order valence-corrected chi connectivity index (χ0v) is 11.4. The molecule has 0 bridgehead atoms. The third-order valence-corrected chi connectivity index (χ3v) is 4.00. The monoisotopic (exact) mass is 332 g/mol. The Hall–Kier alpha value is -2.62. The molecular formula is C12H7F3N2O4S. The van der Waals surface area contributed by atoms with Gasteiger partial charge in [0.25, 0.3) is 15.7 Å². The van der Waals surface area contributed by atoms with Crippen LogP contribution in [0.3, 0.4) is 0 Å².